The summed E-state index contributed by atoms with van der Waals surface area (Å²) in [6.07, 6.45) is 0.676. The molecule has 2 aromatic rings. The van der Waals surface area contributed by atoms with Crippen molar-refractivity contribution in [1.29, 1.82) is 0 Å². The van der Waals surface area contributed by atoms with Gasteiger partial charge in [-0.25, -0.2) is 4.79 Å². The molecule has 132 valence electrons. The standard InChI is InChI=1S/C19H20ClNO4/c1-2-24-17-9-5-15(6-10-17)19(23)25-13-18(22)21-12-11-14-3-7-16(20)8-4-14/h3-10H,2,11-13H2,1H3,(H,21,22). The summed E-state index contributed by atoms with van der Waals surface area (Å²) in [5.41, 5.74) is 1.44. The molecule has 2 aromatic carbocycles. The first-order valence-electron chi connectivity index (χ1n) is 7.99. The summed E-state index contributed by atoms with van der Waals surface area (Å²) in [5.74, 6) is -0.205. The molecule has 25 heavy (non-hydrogen) atoms. The Morgan fingerprint density at radius 2 is 1.72 bits per heavy atom. The van der Waals surface area contributed by atoms with Crippen molar-refractivity contribution in [2.45, 2.75) is 13.3 Å². The van der Waals surface area contributed by atoms with E-state index >= 15 is 0 Å². The summed E-state index contributed by atoms with van der Waals surface area (Å²) < 4.78 is 10.3. The predicted molar refractivity (Wildman–Crippen MR) is 96.1 cm³/mol. The molecule has 0 saturated heterocycles. The van der Waals surface area contributed by atoms with Crippen molar-refractivity contribution in [2.24, 2.45) is 0 Å². The number of rotatable bonds is 8. The van der Waals surface area contributed by atoms with Crippen LogP contribution in [0, 0.1) is 0 Å². The van der Waals surface area contributed by atoms with Crippen molar-refractivity contribution >= 4 is 23.5 Å². The van der Waals surface area contributed by atoms with Crippen molar-refractivity contribution in [3.8, 4) is 5.75 Å². The van der Waals surface area contributed by atoms with Gasteiger partial charge in [0.1, 0.15) is 5.75 Å². The number of nitrogens with one attached hydrogen (secondary N) is 1. The van der Waals surface area contributed by atoms with E-state index in [1.54, 1.807) is 36.4 Å². The number of hydrogen-bond donors (Lipinski definition) is 1. The average Bonchev–Trinajstić information content (AvgIpc) is 2.62. The van der Waals surface area contributed by atoms with Crippen molar-refractivity contribution < 1.29 is 19.1 Å². The molecule has 0 aliphatic carbocycles. The van der Waals surface area contributed by atoms with E-state index in [0.717, 1.165) is 5.56 Å². The van der Waals surface area contributed by atoms with Crippen LogP contribution in [-0.4, -0.2) is 31.6 Å². The third kappa shape index (κ3) is 6.47. The van der Waals surface area contributed by atoms with Crippen LogP contribution in [0.15, 0.2) is 48.5 Å². The van der Waals surface area contributed by atoms with E-state index in [1.165, 1.54) is 0 Å². The second kappa shape index (κ2) is 9.69. The molecule has 0 unspecified atom stereocenters. The zero-order valence-corrected chi connectivity index (χ0v) is 14.7. The third-order valence-corrected chi connectivity index (χ3v) is 3.64. The Morgan fingerprint density at radius 1 is 1.04 bits per heavy atom. The number of ether oxygens (including phenoxy) is 2. The highest BCUT2D eigenvalue weighted by Gasteiger charge is 2.10. The van der Waals surface area contributed by atoms with Crippen LogP contribution in [0.3, 0.4) is 0 Å². The summed E-state index contributed by atoms with van der Waals surface area (Å²) in [6, 6.07) is 14.0. The molecule has 0 radical (unpaired) electrons. The van der Waals surface area contributed by atoms with Gasteiger partial charge in [-0.05, 0) is 55.3 Å². The minimum absolute atomic E-state index is 0.313. The van der Waals surface area contributed by atoms with E-state index in [2.05, 4.69) is 5.32 Å². The lowest BCUT2D eigenvalue weighted by Crippen LogP contribution is -2.30. The molecule has 0 aliphatic heterocycles. The molecule has 0 aliphatic rings. The van der Waals surface area contributed by atoms with Crippen molar-refractivity contribution in [1.82, 2.24) is 5.32 Å². The molecular weight excluding hydrogens is 342 g/mol. The highest BCUT2D eigenvalue weighted by atomic mass is 35.5. The van der Waals surface area contributed by atoms with Gasteiger partial charge in [0.05, 0.1) is 12.2 Å². The van der Waals surface area contributed by atoms with Gasteiger partial charge < -0.3 is 14.8 Å². The number of carbonyl (C=O) groups is 2. The fourth-order valence-corrected chi connectivity index (χ4v) is 2.24. The number of halogens is 1. The van der Waals surface area contributed by atoms with E-state index in [-0.39, 0.29) is 12.5 Å². The van der Waals surface area contributed by atoms with E-state index in [0.29, 0.717) is 35.9 Å². The van der Waals surface area contributed by atoms with Crippen LogP contribution in [-0.2, 0) is 16.0 Å². The van der Waals surface area contributed by atoms with Crippen molar-refractivity contribution in [3.05, 3.63) is 64.7 Å². The smallest absolute Gasteiger partial charge is 0.338 e. The first-order chi connectivity index (χ1) is 12.1. The van der Waals surface area contributed by atoms with Crippen LogP contribution in [0.25, 0.3) is 0 Å². The molecule has 1 N–H and O–H groups in total. The molecule has 0 aromatic heterocycles. The SMILES string of the molecule is CCOc1ccc(C(=O)OCC(=O)NCCc2ccc(Cl)cc2)cc1. The Bertz CT molecular complexity index is 698. The predicted octanol–water partition coefficient (Wildman–Crippen LogP) is 3.25. The molecule has 5 nitrogen and oxygen atoms in total. The van der Waals surface area contributed by atoms with Gasteiger partial charge in [-0.15, -0.1) is 0 Å². The summed E-state index contributed by atoms with van der Waals surface area (Å²) in [7, 11) is 0. The van der Waals surface area contributed by atoms with Gasteiger partial charge in [0.2, 0.25) is 0 Å². The van der Waals surface area contributed by atoms with Gasteiger partial charge in [-0.3, -0.25) is 4.79 Å². The summed E-state index contributed by atoms with van der Waals surface area (Å²) in [4.78, 5) is 23.6. The topological polar surface area (TPSA) is 64.6 Å². The fourth-order valence-electron chi connectivity index (χ4n) is 2.12. The minimum Gasteiger partial charge on any atom is -0.494 e. The van der Waals surface area contributed by atoms with Crippen LogP contribution in [0.5, 0.6) is 5.75 Å². The summed E-state index contributed by atoms with van der Waals surface area (Å²) in [5, 5.41) is 3.38. The zero-order valence-electron chi connectivity index (χ0n) is 14.0. The maximum atomic E-state index is 11.9. The minimum atomic E-state index is -0.545. The lowest BCUT2D eigenvalue weighted by atomic mass is 10.1. The normalized spacial score (nSPS) is 10.2. The summed E-state index contributed by atoms with van der Waals surface area (Å²) >= 11 is 5.82. The molecule has 2 rings (SSSR count). The number of hydrogen-bond acceptors (Lipinski definition) is 4. The Balaban J connectivity index is 1.70. The summed E-state index contributed by atoms with van der Waals surface area (Å²) in [6.45, 7) is 2.58. The van der Waals surface area contributed by atoms with Crippen LogP contribution in [0.2, 0.25) is 5.02 Å². The van der Waals surface area contributed by atoms with Gasteiger partial charge in [0.15, 0.2) is 6.61 Å². The van der Waals surface area contributed by atoms with Gasteiger partial charge in [-0.1, -0.05) is 23.7 Å². The van der Waals surface area contributed by atoms with Gasteiger partial charge >= 0.3 is 5.97 Å². The lowest BCUT2D eigenvalue weighted by Gasteiger charge is -2.07. The van der Waals surface area contributed by atoms with Crippen LogP contribution < -0.4 is 10.1 Å². The third-order valence-electron chi connectivity index (χ3n) is 3.38. The van der Waals surface area contributed by atoms with Gasteiger partial charge in [-0.2, -0.15) is 0 Å². The Morgan fingerprint density at radius 3 is 2.36 bits per heavy atom. The van der Waals surface area contributed by atoms with Gasteiger partial charge in [0.25, 0.3) is 5.91 Å². The molecule has 0 atom stereocenters. The molecule has 1 amide bonds. The molecule has 0 heterocycles. The average molecular weight is 362 g/mol. The Hall–Kier alpha value is -2.53. The van der Waals surface area contributed by atoms with E-state index in [4.69, 9.17) is 21.1 Å². The maximum absolute atomic E-state index is 11.9. The second-order valence-corrected chi connectivity index (χ2v) is 5.70. The first-order valence-corrected chi connectivity index (χ1v) is 8.37. The number of amides is 1. The Kier molecular flexibility index (Phi) is 7.29. The highest BCUT2D eigenvalue weighted by molar-refractivity contribution is 6.30. The molecule has 0 bridgehead atoms. The molecule has 6 heteroatoms. The van der Waals surface area contributed by atoms with E-state index in [9.17, 15) is 9.59 Å². The Labute approximate surface area is 151 Å². The van der Waals surface area contributed by atoms with Crippen LogP contribution in [0.4, 0.5) is 0 Å². The van der Waals surface area contributed by atoms with Crippen molar-refractivity contribution in [2.75, 3.05) is 19.8 Å². The fraction of sp³-hybridized carbons (Fsp3) is 0.263. The molecular formula is C19H20ClNO4. The largest absolute Gasteiger partial charge is 0.494 e. The molecule has 0 fully saturated rings. The first kappa shape index (κ1) is 18.8. The van der Waals surface area contributed by atoms with Gasteiger partial charge in [0, 0.05) is 11.6 Å². The number of esters is 1. The second-order valence-electron chi connectivity index (χ2n) is 5.26. The highest BCUT2D eigenvalue weighted by Crippen LogP contribution is 2.13. The van der Waals surface area contributed by atoms with Crippen molar-refractivity contribution in [3.63, 3.8) is 0 Å². The van der Waals surface area contributed by atoms with E-state index < -0.39 is 5.97 Å². The molecule has 0 spiro atoms. The van der Waals surface area contributed by atoms with E-state index in [1.807, 2.05) is 19.1 Å². The number of carbonyl (C=O) groups excluding carboxylic acids is 2. The lowest BCUT2D eigenvalue weighted by molar-refractivity contribution is -0.124. The molecule has 0 saturated carbocycles. The quantitative estimate of drug-likeness (QED) is 0.733. The van der Waals surface area contributed by atoms with Crippen LogP contribution in [0.1, 0.15) is 22.8 Å². The number of benzene rings is 2. The van der Waals surface area contributed by atoms with Crippen LogP contribution >= 0.6 is 11.6 Å². The monoisotopic (exact) mass is 361 g/mol. The maximum Gasteiger partial charge on any atom is 0.338 e. The zero-order chi connectivity index (χ0) is 18.1.